The van der Waals surface area contributed by atoms with Crippen LogP contribution >= 0.6 is 11.5 Å². The van der Waals surface area contributed by atoms with Crippen LogP contribution in [0, 0.1) is 11.8 Å². The van der Waals surface area contributed by atoms with E-state index in [4.69, 9.17) is 0 Å². The Hall–Kier alpha value is -2.75. The van der Waals surface area contributed by atoms with Crippen molar-refractivity contribution in [1.82, 2.24) is 29.2 Å². The Morgan fingerprint density at radius 3 is 2.86 bits per heavy atom. The number of hydrogen-bond acceptors (Lipinski definition) is 7. The summed E-state index contributed by atoms with van der Waals surface area (Å²) < 4.78 is 4.23. The fourth-order valence-electron chi connectivity index (χ4n) is 4.68. The largest absolute Gasteiger partial charge is 0.356 e. The molecule has 1 aliphatic heterocycles. The molecule has 3 aromatic rings. The van der Waals surface area contributed by atoms with Crippen molar-refractivity contribution in [3.8, 4) is 0 Å². The molecule has 9 nitrogen and oxygen atoms in total. The monoisotopic (exact) mass is 412 g/mol. The van der Waals surface area contributed by atoms with Crippen LogP contribution < -0.4 is 10.2 Å². The third-order valence-electron chi connectivity index (χ3n) is 6.23. The molecule has 0 bridgehead atoms. The zero-order valence-electron chi connectivity index (χ0n) is 16.5. The van der Waals surface area contributed by atoms with Gasteiger partial charge in [-0.25, -0.2) is 19.7 Å². The minimum Gasteiger partial charge on any atom is -0.356 e. The van der Waals surface area contributed by atoms with Crippen molar-refractivity contribution in [3.63, 3.8) is 0 Å². The summed E-state index contributed by atoms with van der Waals surface area (Å²) in [4.78, 5) is 33.1. The number of aromatic amines is 1. The number of fused-ring (bicyclic) bond motifs is 2. The molecular weight excluding hydrogens is 388 g/mol. The molecular formula is C19H24N8OS. The number of nitrogens with zero attached hydrogens (tertiary/aromatic N) is 6. The SMILES string of the molecule is CCc1nsc(NC(=O)N2C[C@H]3CC(N(C)c4ncnc5[nH]ccc45)C[C@H]3C2)n1. The second kappa shape index (κ2) is 7.25. The van der Waals surface area contributed by atoms with E-state index in [9.17, 15) is 4.79 Å². The molecule has 3 aromatic heterocycles. The lowest BCUT2D eigenvalue weighted by Gasteiger charge is -2.27. The van der Waals surface area contributed by atoms with Crippen molar-refractivity contribution in [3.05, 3.63) is 24.4 Å². The number of rotatable bonds is 4. The average molecular weight is 413 g/mol. The van der Waals surface area contributed by atoms with Gasteiger partial charge in [0.1, 0.15) is 23.6 Å². The quantitative estimate of drug-likeness (QED) is 0.683. The summed E-state index contributed by atoms with van der Waals surface area (Å²) in [6.07, 6.45) is 6.43. The summed E-state index contributed by atoms with van der Waals surface area (Å²) in [5.74, 6) is 2.80. The van der Waals surface area contributed by atoms with Crippen molar-refractivity contribution >= 4 is 39.5 Å². The van der Waals surface area contributed by atoms with Crippen molar-refractivity contribution in [1.29, 1.82) is 0 Å². The Kier molecular flexibility index (Phi) is 4.57. The van der Waals surface area contributed by atoms with Crippen LogP contribution in [0.25, 0.3) is 11.0 Å². The second-order valence-electron chi connectivity index (χ2n) is 7.90. The molecule has 152 valence electrons. The van der Waals surface area contributed by atoms with E-state index in [0.717, 1.165) is 55.0 Å². The van der Waals surface area contributed by atoms with Gasteiger partial charge in [0.2, 0.25) is 5.13 Å². The standard InChI is InChI=1S/C19H24N8OS/c1-3-15-23-18(29-25-15)24-19(28)27-8-11-6-13(7-12(11)9-27)26(2)17-14-4-5-20-16(14)21-10-22-17/h4-5,10-13H,3,6-9H2,1-2H3,(H,20,21,22)(H,23,24,25,28)/t11-,12+,13?. The van der Waals surface area contributed by atoms with Gasteiger partial charge in [-0.05, 0) is 30.7 Å². The Morgan fingerprint density at radius 2 is 2.14 bits per heavy atom. The molecule has 29 heavy (non-hydrogen) atoms. The van der Waals surface area contributed by atoms with Crippen LogP contribution in [-0.4, -0.2) is 61.4 Å². The summed E-state index contributed by atoms with van der Waals surface area (Å²) in [5, 5.41) is 4.54. The van der Waals surface area contributed by atoms with Crippen molar-refractivity contribution in [2.75, 3.05) is 30.4 Å². The van der Waals surface area contributed by atoms with Gasteiger partial charge in [0, 0.05) is 50.3 Å². The Balaban J connectivity index is 1.21. The van der Waals surface area contributed by atoms with E-state index in [-0.39, 0.29) is 6.03 Å². The molecule has 0 aromatic carbocycles. The van der Waals surface area contributed by atoms with Gasteiger partial charge in [-0.2, -0.15) is 4.37 Å². The first-order chi connectivity index (χ1) is 14.1. The number of anilines is 2. The lowest BCUT2D eigenvalue weighted by Crippen LogP contribution is -2.36. The van der Waals surface area contributed by atoms with Crippen LogP contribution in [0.3, 0.4) is 0 Å². The average Bonchev–Trinajstić information content (AvgIpc) is 3.48. The van der Waals surface area contributed by atoms with Gasteiger partial charge in [-0.15, -0.1) is 0 Å². The summed E-state index contributed by atoms with van der Waals surface area (Å²) in [6.45, 7) is 3.60. The summed E-state index contributed by atoms with van der Waals surface area (Å²) in [6, 6.07) is 2.40. The molecule has 10 heteroatoms. The van der Waals surface area contributed by atoms with E-state index in [2.05, 4.69) is 41.6 Å². The second-order valence-corrected chi connectivity index (χ2v) is 8.65. The van der Waals surface area contributed by atoms with E-state index in [1.54, 1.807) is 6.33 Å². The maximum absolute atomic E-state index is 12.6. The van der Waals surface area contributed by atoms with Crippen LogP contribution in [0.1, 0.15) is 25.6 Å². The van der Waals surface area contributed by atoms with Gasteiger partial charge in [0.15, 0.2) is 0 Å². The fourth-order valence-corrected chi connectivity index (χ4v) is 5.32. The number of hydrogen-bond donors (Lipinski definition) is 2. The van der Waals surface area contributed by atoms with Crippen LogP contribution in [0.15, 0.2) is 18.6 Å². The molecule has 5 rings (SSSR count). The van der Waals surface area contributed by atoms with E-state index in [0.29, 0.717) is 23.0 Å². The molecule has 1 saturated carbocycles. The van der Waals surface area contributed by atoms with Crippen LogP contribution in [0.4, 0.5) is 15.7 Å². The number of H-pyrrole nitrogens is 1. The number of carbonyl (C=O) groups is 1. The number of carbonyl (C=O) groups excluding carboxylic acids is 1. The number of aromatic nitrogens is 5. The third-order valence-corrected chi connectivity index (χ3v) is 6.89. The Morgan fingerprint density at radius 1 is 1.34 bits per heavy atom. The smallest absolute Gasteiger partial charge is 0.323 e. The molecule has 2 amide bonds. The zero-order valence-corrected chi connectivity index (χ0v) is 17.3. The predicted molar refractivity (Wildman–Crippen MR) is 112 cm³/mol. The Bertz CT molecular complexity index is 1020. The zero-order chi connectivity index (χ0) is 20.0. The van der Waals surface area contributed by atoms with E-state index < -0.39 is 0 Å². The van der Waals surface area contributed by atoms with Gasteiger partial charge in [0.05, 0.1) is 5.39 Å². The Labute approximate surface area is 172 Å². The number of nitrogens with one attached hydrogen (secondary N) is 2. The van der Waals surface area contributed by atoms with Crippen molar-refractivity contribution in [2.24, 2.45) is 11.8 Å². The van der Waals surface area contributed by atoms with Crippen LogP contribution in [0.5, 0.6) is 0 Å². The molecule has 1 saturated heterocycles. The summed E-state index contributed by atoms with van der Waals surface area (Å²) >= 11 is 1.25. The topological polar surface area (TPSA) is 103 Å². The predicted octanol–water partition coefficient (Wildman–Crippen LogP) is 2.75. The van der Waals surface area contributed by atoms with Crippen LogP contribution in [0.2, 0.25) is 0 Å². The highest BCUT2D eigenvalue weighted by Crippen LogP contribution is 2.41. The lowest BCUT2D eigenvalue weighted by atomic mass is 10.0. The molecule has 1 unspecified atom stereocenters. The molecule has 2 aliphatic rings. The maximum Gasteiger partial charge on any atom is 0.323 e. The van der Waals surface area contributed by atoms with Crippen molar-refractivity contribution in [2.45, 2.75) is 32.2 Å². The molecule has 2 fully saturated rings. The first kappa shape index (κ1) is 18.3. The first-order valence-corrected chi connectivity index (χ1v) is 10.8. The highest BCUT2D eigenvalue weighted by atomic mass is 32.1. The molecule has 1 aliphatic carbocycles. The van der Waals surface area contributed by atoms with Gasteiger partial charge >= 0.3 is 6.03 Å². The molecule has 0 spiro atoms. The van der Waals surface area contributed by atoms with Crippen LogP contribution in [-0.2, 0) is 6.42 Å². The summed E-state index contributed by atoms with van der Waals surface area (Å²) in [5.41, 5.74) is 0.866. The van der Waals surface area contributed by atoms with E-state index >= 15 is 0 Å². The highest BCUT2D eigenvalue weighted by molar-refractivity contribution is 7.09. The summed E-state index contributed by atoms with van der Waals surface area (Å²) in [7, 11) is 2.12. The maximum atomic E-state index is 12.6. The van der Waals surface area contributed by atoms with Gasteiger partial charge in [-0.1, -0.05) is 6.92 Å². The van der Waals surface area contributed by atoms with Crippen molar-refractivity contribution < 1.29 is 4.79 Å². The number of likely N-dealkylation sites (tertiary alicyclic amines) is 1. The number of urea groups is 1. The molecule has 0 radical (unpaired) electrons. The highest BCUT2D eigenvalue weighted by Gasteiger charge is 2.44. The molecule has 3 atom stereocenters. The van der Waals surface area contributed by atoms with Gasteiger partial charge < -0.3 is 14.8 Å². The van der Waals surface area contributed by atoms with Gasteiger partial charge in [0.25, 0.3) is 0 Å². The molecule has 2 N–H and O–H groups in total. The number of aryl methyl sites for hydroxylation is 1. The minimum atomic E-state index is -0.0621. The van der Waals surface area contributed by atoms with E-state index in [1.165, 1.54) is 11.5 Å². The minimum absolute atomic E-state index is 0.0621. The fraction of sp³-hybridized carbons (Fsp3) is 0.526. The third kappa shape index (κ3) is 3.31. The molecule has 4 heterocycles. The number of amides is 2. The lowest BCUT2D eigenvalue weighted by molar-refractivity contribution is 0.218. The van der Waals surface area contributed by atoms with E-state index in [1.807, 2.05) is 24.1 Å². The normalized spacial score (nSPS) is 23.5. The first-order valence-electron chi connectivity index (χ1n) is 10.0. The van der Waals surface area contributed by atoms with Gasteiger partial charge in [-0.3, -0.25) is 5.32 Å².